The van der Waals surface area contributed by atoms with Crippen molar-refractivity contribution in [3.8, 4) is 0 Å². The predicted molar refractivity (Wildman–Crippen MR) is 73.1 cm³/mol. The van der Waals surface area contributed by atoms with Gasteiger partial charge in [-0.3, -0.25) is 4.98 Å². The molecule has 0 atom stereocenters. The molecule has 20 heavy (non-hydrogen) atoms. The second-order valence-electron chi connectivity index (χ2n) is 3.77. The van der Waals surface area contributed by atoms with Crippen LogP contribution in [0.4, 0.5) is 5.69 Å². The van der Waals surface area contributed by atoms with Crippen LogP contribution in [0.15, 0.2) is 36.5 Å². The van der Waals surface area contributed by atoms with E-state index in [0.29, 0.717) is 12.2 Å². The zero-order valence-corrected chi connectivity index (χ0v) is 10.6. The molecule has 0 bridgehead atoms. The van der Waals surface area contributed by atoms with Crippen molar-refractivity contribution in [1.82, 2.24) is 9.97 Å². The van der Waals surface area contributed by atoms with Gasteiger partial charge in [-0.25, -0.2) is 14.6 Å². The molecule has 1 heterocycles. The third-order valence-electron chi connectivity index (χ3n) is 2.06. The second kappa shape index (κ2) is 6.83. The number of aliphatic carboxylic acids is 2. The molecule has 0 radical (unpaired) electrons. The van der Waals surface area contributed by atoms with Gasteiger partial charge in [-0.2, -0.15) is 0 Å². The lowest BCUT2D eigenvalue weighted by Gasteiger charge is -1.98. The number of rotatable bonds is 2. The molecule has 0 aliphatic carbocycles. The van der Waals surface area contributed by atoms with Crippen LogP contribution in [0.3, 0.4) is 0 Å². The van der Waals surface area contributed by atoms with Gasteiger partial charge in [0.2, 0.25) is 0 Å². The number of nitrogens with two attached hydrogens (primary N) is 1. The Bertz CT molecular complexity index is 610. The molecule has 1 aromatic heterocycles. The summed E-state index contributed by atoms with van der Waals surface area (Å²) in [7, 11) is 0. The highest BCUT2D eigenvalue weighted by atomic mass is 16.4. The van der Waals surface area contributed by atoms with Gasteiger partial charge in [0.15, 0.2) is 0 Å². The van der Waals surface area contributed by atoms with Crippen molar-refractivity contribution in [2.24, 2.45) is 0 Å². The van der Waals surface area contributed by atoms with E-state index in [1.54, 1.807) is 6.20 Å². The first-order chi connectivity index (χ1) is 9.38. The molecule has 7 heteroatoms. The maximum Gasteiger partial charge on any atom is 0.328 e. The zero-order chi connectivity index (χ0) is 15.1. The highest BCUT2D eigenvalue weighted by Crippen LogP contribution is 2.12. The average Bonchev–Trinajstić information content (AvgIpc) is 2.37. The summed E-state index contributed by atoms with van der Waals surface area (Å²) >= 11 is 0. The van der Waals surface area contributed by atoms with Crippen LogP contribution in [0.1, 0.15) is 5.69 Å². The Kier molecular flexibility index (Phi) is 5.16. The molecule has 0 fully saturated rings. The lowest BCUT2D eigenvalue weighted by Crippen LogP contribution is -1.91. The van der Waals surface area contributed by atoms with E-state index in [1.807, 2.05) is 25.1 Å². The minimum Gasteiger partial charge on any atom is -0.478 e. The van der Waals surface area contributed by atoms with Crippen molar-refractivity contribution in [2.75, 3.05) is 5.73 Å². The van der Waals surface area contributed by atoms with Gasteiger partial charge in [-0.15, -0.1) is 0 Å². The fraction of sp³-hybridized carbons (Fsp3) is 0.0769. The van der Waals surface area contributed by atoms with Crippen molar-refractivity contribution in [3.05, 3.63) is 42.2 Å². The van der Waals surface area contributed by atoms with Crippen LogP contribution in [0, 0.1) is 6.92 Å². The van der Waals surface area contributed by atoms with E-state index in [-0.39, 0.29) is 0 Å². The van der Waals surface area contributed by atoms with Gasteiger partial charge in [0, 0.05) is 24.0 Å². The lowest BCUT2D eigenvalue weighted by molar-refractivity contribution is -0.134. The van der Waals surface area contributed by atoms with Crippen LogP contribution in [-0.2, 0) is 9.59 Å². The number of anilines is 1. The second-order valence-corrected chi connectivity index (χ2v) is 3.77. The molecule has 0 aliphatic heterocycles. The Hall–Kier alpha value is -2.96. The van der Waals surface area contributed by atoms with E-state index in [1.165, 1.54) is 0 Å². The summed E-state index contributed by atoms with van der Waals surface area (Å²) in [6, 6.07) is 5.53. The van der Waals surface area contributed by atoms with Gasteiger partial charge >= 0.3 is 11.9 Å². The fourth-order valence-corrected chi connectivity index (χ4v) is 1.26. The Morgan fingerprint density at radius 1 is 1.15 bits per heavy atom. The summed E-state index contributed by atoms with van der Waals surface area (Å²) < 4.78 is 0. The SMILES string of the molecule is Cc1cnc2cc(N)ccc2n1.O=C(O)/C=C/C(=O)O. The normalized spacial score (nSPS) is 10.1. The van der Waals surface area contributed by atoms with Crippen LogP contribution in [-0.4, -0.2) is 32.1 Å². The number of hydrogen-bond donors (Lipinski definition) is 3. The van der Waals surface area contributed by atoms with Crippen LogP contribution in [0.5, 0.6) is 0 Å². The molecular weight excluding hydrogens is 262 g/mol. The molecular formula is C13H13N3O4. The molecule has 7 nitrogen and oxygen atoms in total. The van der Waals surface area contributed by atoms with E-state index in [0.717, 1.165) is 22.4 Å². The molecule has 0 amide bonds. The number of carboxylic acid groups (broad SMARTS) is 2. The van der Waals surface area contributed by atoms with Crippen LogP contribution in [0.2, 0.25) is 0 Å². The topological polar surface area (TPSA) is 126 Å². The van der Waals surface area contributed by atoms with E-state index >= 15 is 0 Å². The monoisotopic (exact) mass is 275 g/mol. The van der Waals surface area contributed by atoms with Gasteiger partial charge < -0.3 is 15.9 Å². The number of hydrogen-bond acceptors (Lipinski definition) is 5. The van der Waals surface area contributed by atoms with Gasteiger partial charge in [0.05, 0.1) is 16.7 Å². The minimum absolute atomic E-state index is 0.558. The Labute approximate surface area is 114 Å². The van der Waals surface area contributed by atoms with Crippen molar-refractivity contribution in [3.63, 3.8) is 0 Å². The Balaban J connectivity index is 0.000000221. The van der Waals surface area contributed by atoms with Gasteiger partial charge in [0.1, 0.15) is 0 Å². The first-order valence-corrected chi connectivity index (χ1v) is 5.51. The van der Waals surface area contributed by atoms with Gasteiger partial charge in [0.25, 0.3) is 0 Å². The predicted octanol–water partition coefficient (Wildman–Crippen LogP) is 1.23. The highest BCUT2D eigenvalue weighted by molar-refractivity contribution is 5.89. The molecule has 0 saturated carbocycles. The molecule has 0 saturated heterocycles. The maximum absolute atomic E-state index is 9.55. The Morgan fingerprint density at radius 3 is 2.30 bits per heavy atom. The number of nitrogen functional groups attached to an aromatic ring is 1. The van der Waals surface area contributed by atoms with Crippen molar-refractivity contribution < 1.29 is 19.8 Å². The standard InChI is InChI=1S/C9H9N3.C4H4O4/c1-6-5-11-9-4-7(10)2-3-8(9)12-6;5-3(6)1-2-4(7)8/h2-5H,10H2,1H3;1-2H,(H,5,6)(H,7,8)/b;2-1+. The summed E-state index contributed by atoms with van der Waals surface area (Å²) in [5, 5.41) is 15.6. The number of carboxylic acids is 2. The Morgan fingerprint density at radius 2 is 1.75 bits per heavy atom. The minimum atomic E-state index is -1.26. The third-order valence-corrected chi connectivity index (χ3v) is 2.06. The summed E-state index contributed by atoms with van der Waals surface area (Å²) in [5.74, 6) is -2.51. The molecule has 2 aromatic rings. The lowest BCUT2D eigenvalue weighted by atomic mass is 10.2. The highest BCUT2D eigenvalue weighted by Gasteiger charge is 1.95. The number of fused-ring (bicyclic) bond motifs is 1. The number of aryl methyl sites for hydroxylation is 1. The van der Waals surface area contributed by atoms with E-state index < -0.39 is 11.9 Å². The summed E-state index contributed by atoms with van der Waals surface area (Å²) in [4.78, 5) is 27.6. The van der Waals surface area contributed by atoms with Crippen LogP contribution < -0.4 is 5.73 Å². The molecule has 4 N–H and O–H groups in total. The summed E-state index contributed by atoms with van der Waals surface area (Å²) in [6.07, 6.45) is 2.85. The van der Waals surface area contributed by atoms with E-state index in [4.69, 9.17) is 15.9 Å². The average molecular weight is 275 g/mol. The fourth-order valence-electron chi connectivity index (χ4n) is 1.26. The van der Waals surface area contributed by atoms with Crippen LogP contribution in [0.25, 0.3) is 11.0 Å². The molecule has 0 aliphatic rings. The third kappa shape index (κ3) is 5.13. The van der Waals surface area contributed by atoms with E-state index in [2.05, 4.69) is 9.97 Å². The molecule has 0 spiro atoms. The number of benzene rings is 1. The smallest absolute Gasteiger partial charge is 0.328 e. The molecule has 0 unspecified atom stereocenters. The molecule has 104 valence electrons. The van der Waals surface area contributed by atoms with Crippen molar-refractivity contribution in [1.29, 1.82) is 0 Å². The van der Waals surface area contributed by atoms with Crippen molar-refractivity contribution >= 4 is 28.7 Å². The van der Waals surface area contributed by atoms with Gasteiger partial charge in [-0.1, -0.05) is 0 Å². The van der Waals surface area contributed by atoms with E-state index in [9.17, 15) is 9.59 Å². The first kappa shape index (κ1) is 15.1. The quantitative estimate of drug-likeness (QED) is 0.555. The van der Waals surface area contributed by atoms with Crippen LogP contribution >= 0.6 is 0 Å². The van der Waals surface area contributed by atoms with Crippen molar-refractivity contribution in [2.45, 2.75) is 6.92 Å². The number of nitrogens with zero attached hydrogens (tertiary/aromatic N) is 2. The number of carbonyl (C=O) groups is 2. The molecule has 2 rings (SSSR count). The summed E-state index contributed by atoms with van der Waals surface area (Å²) in [5.41, 5.74) is 8.98. The van der Waals surface area contributed by atoms with Gasteiger partial charge in [-0.05, 0) is 25.1 Å². The largest absolute Gasteiger partial charge is 0.478 e. The number of aromatic nitrogens is 2. The first-order valence-electron chi connectivity index (χ1n) is 5.51. The maximum atomic E-state index is 9.55. The zero-order valence-electron chi connectivity index (χ0n) is 10.6. The molecule has 1 aromatic carbocycles. The summed E-state index contributed by atoms with van der Waals surface area (Å²) in [6.45, 7) is 1.92.